The second kappa shape index (κ2) is 7.47. The van der Waals surface area contributed by atoms with Crippen LogP contribution in [0.15, 0.2) is 59.5 Å². The van der Waals surface area contributed by atoms with Crippen LogP contribution in [-0.4, -0.2) is 8.42 Å². The highest BCUT2D eigenvalue weighted by Crippen LogP contribution is 2.34. The van der Waals surface area contributed by atoms with Crippen LogP contribution >= 0.6 is 0 Å². The molecule has 28 heavy (non-hydrogen) atoms. The topological polar surface area (TPSA) is 55.4 Å². The van der Waals surface area contributed by atoms with Crippen molar-refractivity contribution in [2.45, 2.75) is 4.90 Å². The zero-order valence-electron chi connectivity index (χ0n) is 13.7. The largest absolute Gasteiger partial charge is 0.445 e. The van der Waals surface area contributed by atoms with Gasteiger partial charge < -0.3 is 4.74 Å². The smallest absolute Gasteiger partial charge is 0.261 e. The normalized spacial score (nSPS) is 11.3. The van der Waals surface area contributed by atoms with Crippen molar-refractivity contribution in [2.75, 3.05) is 4.72 Å². The summed E-state index contributed by atoms with van der Waals surface area (Å²) < 4.78 is 99.5. The molecule has 0 aliphatic heterocycles. The van der Waals surface area contributed by atoms with E-state index < -0.39 is 56.3 Å². The van der Waals surface area contributed by atoms with Gasteiger partial charge in [0.05, 0.1) is 10.6 Å². The molecule has 1 N–H and O–H groups in total. The molecule has 3 aromatic carbocycles. The summed E-state index contributed by atoms with van der Waals surface area (Å²) >= 11 is 0. The molecule has 0 aliphatic rings. The van der Waals surface area contributed by atoms with Gasteiger partial charge in [0.15, 0.2) is 34.8 Å². The summed E-state index contributed by atoms with van der Waals surface area (Å²) in [7, 11) is -4.12. The summed E-state index contributed by atoms with van der Waals surface area (Å²) in [6.45, 7) is 0. The van der Waals surface area contributed by atoms with Gasteiger partial charge in [-0.15, -0.1) is 0 Å². The average Bonchev–Trinajstić information content (AvgIpc) is 2.60. The predicted molar refractivity (Wildman–Crippen MR) is 90.0 cm³/mol. The van der Waals surface area contributed by atoms with E-state index in [1.54, 1.807) is 6.07 Å². The van der Waals surface area contributed by atoms with Crippen LogP contribution in [0.3, 0.4) is 0 Å². The second-order valence-electron chi connectivity index (χ2n) is 5.49. The number of nitrogens with one attached hydrogen (secondary N) is 1. The molecule has 0 saturated heterocycles. The number of hydrogen-bond acceptors (Lipinski definition) is 3. The van der Waals surface area contributed by atoms with Crippen molar-refractivity contribution in [3.63, 3.8) is 0 Å². The molecule has 0 amide bonds. The van der Waals surface area contributed by atoms with Gasteiger partial charge in [-0.2, -0.15) is 0 Å². The van der Waals surface area contributed by atoms with Gasteiger partial charge in [-0.1, -0.05) is 18.2 Å². The zero-order chi connectivity index (χ0) is 20.5. The molecule has 146 valence electrons. The number of ether oxygens (including phenoxy) is 1. The van der Waals surface area contributed by atoms with E-state index in [2.05, 4.69) is 4.74 Å². The van der Waals surface area contributed by atoms with E-state index in [1.165, 1.54) is 24.3 Å². The van der Waals surface area contributed by atoms with Crippen molar-refractivity contribution in [3.8, 4) is 11.5 Å². The minimum Gasteiger partial charge on any atom is -0.445 e. The Morgan fingerprint density at radius 3 is 1.68 bits per heavy atom. The van der Waals surface area contributed by atoms with Crippen LogP contribution in [0.2, 0.25) is 0 Å². The molecule has 10 heteroatoms. The van der Waals surface area contributed by atoms with E-state index in [1.807, 2.05) is 4.72 Å². The van der Waals surface area contributed by atoms with E-state index in [0.717, 1.165) is 0 Å². The van der Waals surface area contributed by atoms with Crippen molar-refractivity contribution in [1.29, 1.82) is 0 Å². The highest BCUT2D eigenvalue weighted by atomic mass is 32.2. The summed E-state index contributed by atoms with van der Waals surface area (Å²) in [6, 6.07) is 8.72. The van der Waals surface area contributed by atoms with Gasteiger partial charge >= 0.3 is 0 Å². The Labute approximate surface area is 156 Å². The van der Waals surface area contributed by atoms with Crippen molar-refractivity contribution in [3.05, 3.63) is 83.7 Å². The molecule has 4 nitrogen and oxygen atoms in total. The third kappa shape index (κ3) is 4.06. The van der Waals surface area contributed by atoms with Crippen molar-refractivity contribution in [2.24, 2.45) is 0 Å². The van der Waals surface area contributed by atoms with Gasteiger partial charge in [0.25, 0.3) is 10.0 Å². The Balaban J connectivity index is 1.92. The van der Waals surface area contributed by atoms with Crippen molar-refractivity contribution < 1.29 is 35.1 Å². The van der Waals surface area contributed by atoms with Gasteiger partial charge in [-0.05, 0) is 12.1 Å². The summed E-state index contributed by atoms with van der Waals surface area (Å²) in [5.74, 6) is -9.53. The molecule has 0 radical (unpaired) electrons. The van der Waals surface area contributed by atoms with E-state index in [4.69, 9.17) is 0 Å². The number of benzene rings is 3. The first-order valence-electron chi connectivity index (χ1n) is 7.56. The van der Waals surface area contributed by atoms with Crippen molar-refractivity contribution >= 4 is 15.7 Å². The Kier molecular flexibility index (Phi) is 5.23. The first kappa shape index (κ1) is 19.6. The summed E-state index contributed by atoms with van der Waals surface area (Å²) in [5.41, 5.74) is -0.480. The minimum atomic E-state index is -4.12. The van der Waals surface area contributed by atoms with Gasteiger partial charge in [0.2, 0.25) is 0 Å². The first-order valence-corrected chi connectivity index (χ1v) is 9.05. The molecule has 3 aromatic rings. The molecule has 0 aliphatic carbocycles. The average molecular weight is 415 g/mol. The van der Waals surface area contributed by atoms with Crippen LogP contribution in [0.4, 0.5) is 27.6 Å². The lowest BCUT2D eigenvalue weighted by Crippen LogP contribution is -2.13. The number of anilines is 1. The fraction of sp³-hybridized carbons (Fsp3) is 0. The van der Waals surface area contributed by atoms with E-state index >= 15 is 0 Å². The van der Waals surface area contributed by atoms with Gasteiger partial charge in [-0.25, -0.2) is 30.4 Å². The first-order chi connectivity index (χ1) is 13.2. The molecule has 0 spiro atoms. The molecular weight excluding hydrogens is 405 g/mol. The van der Waals surface area contributed by atoms with Crippen LogP contribution in [0.5, 0.6) is 11.5 Å². The fourth-order valence-electron chi connectivity index (χ4n) is 2.26. The number of sulfonamides is 1. The van der Waals surface area contributed by atoms with Crippen LogP contribution < -0.4 is 9.46 Å². The lowest BCUT2D eigenvalue weighted by atomic mass is 10.2. The molecule has 0 unspecified atom stereocenters. The number of halogens is 5. The highest BCUT2D eigenvalue weighted by Gasteiger charge is 2.21. The van der Waals surface area contributed by atoms with Gasteiger partial charge in [0.1, 0.15) is 5.82 Å². The third-order valence-corrected chi connectivity index (χ3v) is 4.87. The van der Waals surface area contributed by atoms with Gasteiger partial charge in [0, 0.05) is 24.3 Å². The molecule has 0 fully saturated rings. The molecule has 0 aromatic heterocycles. The second-order valence-corrected chi connectivity index (χ2v) is 7.17. The third-order valence-electron chi connectivity index (χ3n) is 3.47. The van der Waals surface area contributed by atoms with Crippen molar-refractivity contribution in [1.82, 2.24) is 0 Å². The van der Waals surface area contributed by atoms with Crippen LogP contribution in [0, 0.1) is 29.1 Å². The quantitative estimate of drug-likeness (QED) is 0.599. The molecule has 0 heterocycles. The fourth-order valence-corrected chi connectivity index (χ4v) is 3.32. The maximum atomic E-state index is 14.2. The maximum Gasteiger partial charge on any atom is 0.261 e. The van der Waals surface area contributed by atoms with E-state index in [0.29, 0.717) is 12.1 Å². The molecule has 0 saturated carbocycles. The molecule has 3 rings (SSSR count). The standard InChI is InChI=1S/C18H10F5NO3S/c19-10-6-13(20)17(14(21)7-10)27-18-15(22)8-11(9-16(18)23)24-28(25,26)12-4-2-1-3-5-12/h1-9,24H. The Morgan fingerprint density at radius 2 is 1.18 bits per heavy atom. The van der Waals surface area contributed by atoms with Crippen LogP contribution in [0.1, 0.15) is 0 Å². The Hall–Kier alpha value is -3.14. The predicted octanol–water partition coefficient (Wildman–Crippen LogP) is 4.98. The summed E-state index contributed by atoms with van der Waals surface area (Å²) in [6.07, 6.45) is 0. The SMILES string of the molecule is O=S(=O)(Nc1cc(F)c(Oc2c(F)cc(F)cc2F)c(F)c1)c1ccccc1. The molecular formula is C18H10F5NO3S. The highest BCUT2D eigenvalue weighted by molar-refractivity contribution is 7.92. The summed E-state index contributed by atoms with van der Waals surface area (Å²) in [5, 5.41) is 0. The van der Waals surface area contributed by atoms with E-state index in [9.17, 15) is 30.4 Å². The van der Waals surface area contributed by atoms with Crippen LogP contribution in [0.25, 0.3) is 0 Å². The van der Waals surface area contributed by atoms with E-state index in [-0.39, 0.29) is 17.0 Å². The van der Waals surface area contributed by atoms with Crippen LogP contribution in [-0.2, 0) is 10.0 Å². The lowest BCUT2D eigenvalue weighted by Gasteiger charge is -2.12. The maximum absolute atomic E-state index is 14.2. The zero-order valence-corrected chi connectivity index (χ0v) is 14.5. The monoisotopic (exact) mass is 415 g/mol. The number of rotatable bonds is 5. The Morgan fingerprint density at radius 1 is 0.714 bits per heavy atom. The Bertz CT molecular complexity index is 1090. The number of hydrogen-bond donors (Lipinski definition) is 1. The van der Waals surface area contributed by atoms with Gasteiger partial charge in [-0.3, -0.25) is 4.72 Å². The minimum absolute atomic E-state index is 0.147. The molecule has 0 bridgehead atoms. The lowest BCUT2D eigenvalue weighted by molar-refractivity contribution is 0.363. The molecule has 0 atom stereocenters. The summed E-state index contributed by atoms with van der Waals surface area (Å²) in [4.78, 5) is -0.147.